The largest absolute Gasteiger partial charge is 0.481 e. The van der Waals surface area contributed by atoms with Crippen LogP contribution in [0.1, 0.15) is 24.6 Å². The van der Waals surface area contributed by atoms with Gasteiger partial charge in [-0.3, -0.25) is 9.89 Å². The summed E-state index contributed by atoms with van der Waals surface area (Å²) in [4.78, 5) is 10.6. The Labute approximate surface area is 98.5 Å². The molecule has 2 heterocycles. The van der Waals surface area contributed by atoms with Crippen molar-refractivity contribution in [2.75, 3.05) is 0 Å². The van der Waals surface area contributed by atoms with Crippen LogP contribution >= 0.6 is 0 Å². The van der Waals surface area contributed by atoms with E-state index in [1.807, 2.05) is 13.0 Å². The van der Waals surface area contributed by atoms with Crippen LogP contribution in [0.2, 0.25) is 0 Å². The second-order valence-corrected chi connectivity index (χ2v) is 3.79. The standard InChI is InChI=1S/C12H14N2O3/c1-2-10-9(3-4-11(15)16)12(14-13-10)8-5-6-17-7-8/h5-7H,2-4H2,1H3,(H,13,14)(H,15,16). The first-order valence-corrected chi connectivity index (χ1v) is 5.52. The van der Waals surface area contributed by atoms with Gasteiger partial charge in [-0.05, 0) is 18.9 Å². The molecule has 0 bridgehead atoms. The molecule has 0 saturated carbocycles. The van der Waals surface area contributed by atoms with Gasteiger partial charge in [0.1, 0.15) is 0 Å². The normalized spacial score (nSPS) is 10.6. The molecule has 0 aliphatic rings. The summed E-state index contributed by atoms with van der Waals surface area (Å²) >= 11 is 0. The summed E-state index contributed by atoms with van der Waals surface area (Å²) in [5.41, 5.74) is 3.62. The highest BCUT2D eigenvalue weighted by molar-refractivity contribution is 5.69. The number of aryl methyl sites for hydroxylation is 1. The van der Waals surface area contributed by atoms with Gasteiger partial charge in [0.25, 0.3) is 0 Å². The van der Waals surface area contributed by atoms with Crippen LogP contribution in [-0.4, -0.2) is 21.3 Å². The zero-order valence-electron chi connectivity index (χ0n) is 9.56. The van der Waals surface area contributed by atoms with Crippen molar-refractivity contribution >= 4 is 5.97 Å². The van der Waals surface area contributed by atoms with E-state index in [2.05, 4.69) is 10.2 Å². The molecule has 5 heteroatoms. The highest BCUT2D eigenvalue weighted by atomic mass is 16.4. The predicted octanol–water partition coefficient (Wildman–Crippen LogP) is 2.25. The highest BCUT2D eigenvalue weighted by Gasteiger charge is 2.15. The number of carboxylic acid groups (broad SMARTS) is 1. The number of nitrogens with one attached hydrogen (secondary N) is 1. The number of hydrogen-bond acceptors (Lipinski definition) is 3. The van der Waals surface area contributed by atoms with E-state index in [1.165, 1.54) is 0 Å². The topological polar surface area (TPSA) is 79.1 Å². The molecule has 0 unspecified atom stereocenters. The van der Waals surface area contributed by atoms with Gasteiger partial charge in [-0.25, -0.2) is 0 Å². The summed E-state index contributed by atoms with van der Waals surface area (Å²) < 4.78 is 5.02. The molecular weight excluding hydrogens is 220 g/mol. The number of aliphatic carboxylic acids is 1. The number of aromatic amines is 1. The maximum atomic E-state index is 10.6. The van der Waals surface area contributed by atoms with Crippen molar-refractivity contribution in [3.63, 3.8) is 0 Å². The Hall–Kier alpha value is -2.04. The third kappa shape index (κ3) is 2.38. The monoisotopic (exact) mass is 234 g/mol. The summed E-state index contributed by atoms with van der Waals surface area (Å²) in [6, 6.07) is 1.82. The highest BCUT2D eigenvalue weighted by Crippen LogP contribution is 2.25. The summed E-state index contributed by atoms with van der Waals surface area (Å²) in [5, 5.41) is 15.9. The van der Waals surface area contributed by atoms with Gasteiger partial charge in [-0.2, -0.15) is 5.10 Å². The van der Waals surface area contributed by atoms with Crippen LogP contribution < -0.4 is 0 Å². The van der Waals surface area contributed by atoms with Gasteiger partial charge in [0, 0.05) is 23.2 Å². The fraction of sp³-hybridized carbons (Fsp3) is 0.333. The molecule has 0 amide bonds. The average molecular weight is 234 g/mol. The Bertz CT molecular complexity index is 500. The van der Waals surface area contributed by atoms with Gasteiger partial charge in [0.2, 0.25) is 0 Å². The molecule has 0 aliphatic heterocycles. The summed E-state index contributed by atoms with van der Waals surface area (Å²) in [6.45, 7) is 2.01. The van der Waals surface area contributed by atoms with Gasteiger partial charge < -0.3 is 9.52 Å². The van der Waals surface area contributed by atoms with Gasteiger partial charge in [-0.1, -0.05) is 6.92 Å². The van der Waals surface area contributed by atoms with E-state index in [1.54, 1.807) is 12.5 Å². The summed E-state index contributed by atoms with van der Waals surface area (Å²) in [5.74, 6) is -0.800. The first-order chi connectivity index (χ1) is 8.22. The molecule has 0 saturated heterocycles. The van der Waals surface area contributed by atoms with Crippen molar-refractivity contribution < 1.29 is 14.3 Å². The minimum absolute atomic E-state index is 0.109. The molecule has 2 rings (SSSR count). The molecule has 17 heavy (non-hydrogen) atoms. The molecule has 0 radical (unpaired) electrons. The molecule has 0 aliphatic carbocycles. The lowest BCUT2D eigenvalue weighted by molar-refractivity contribution is -0.136. The van der Waals surface area contributed by atoms with Crippen LogP contribution in [-0.2, 0) is 17.6 Å². The van der Waals surface area contributed by atoms with E-state index >= 15 is 0 Å². The van der Waals surface area contributed by atoms with Crippen molar-refractivity contribution in [2.24, 2.45) is 0 Å². The quantitative estimate of drug-likeness (QED) is 0.831. The number of furan rings is 1. The summed E-state index contributed by atoms with van der Waals surface area (Å²) in [6.07, 6.45) is 4.59. The molecule has 90 valence electrons. The van der Waals surface area contributed by atoms with E-state index in [0.717, 1.165) is 28.9 Å². The Morgan fingerprint density at radius 1 is 1.59 bits per heavy atom. The van der Waals surface area contributed by atoms with Crippen molar-refractivity contribution in [2.45, 2.75) is 26.2 Å². The SMILES string of the molecule is CCc1[nH]nc(-c2ccoc2)c1CCC(=O)O. The van der Waals surface area contributed by atoms with Gasteiger partial charge >= 0.3 is 5.97 Å². The lowest BCUT2D eigenvalue weighted by atomic mass is 10.0. The van der Waals surface area contributed by atoms with Crippen LogP contribution in [0.5, 0.6) is 0 Å². The first-order valence-electron chi connectivity index (χ1n) is 5.52. The van der Waals surface area contributed by atoms with Gasteiger partial charge in [0.15, 0.2) is 0 Å². The molecule has 2 N–H and O–H groups in total. The van der Waals surface area contributed by atoms with E-state index in [9.17, 15) is 4.79 Å². The van der Waals surface area contributed by atoms with Crippen molar-refractivity contribution in [1.82, 2.24) is 10.2 Å². The van der Waals surface area contributed by atoms with Crippen LogP contribution in [0.4, 0.5) is 0 Å². The zero-order chi connectivity index (χ0) is 12.3. The Balaban J connectivity index is 2.32. The third-order valence-corrected chi connectivity index (χ3v) is 2.69. The molecule has 0 fully saturated rings. The minimum Gasteiger partial charge on any atom is -0.481 e. The average Bonchev–Trinajstić information content (AvgIpc) is 2.94. The van der Waals surface area contributed by atoms with Crippen molar-refractivity contribution in [3.05, 3.63) is 29.9 Å². The van der Waals surface area contributed by atoms with Crippen molar-refractivity contribution in [3.8, 4) is 11.3 Å². The second-order valence-electron chi connectivity index (χ2n) is 3.79. The molecule has 2 aromatic heterocycles. The van der Waals surface area contributed by atoms with Gasteiger partial charge in [0.05, 0.1) is 18.2 Å². The number of rotatable bonds is 5. The smallest absolute Gasteiger partial charge is 0.303 e. The predicted molar refractivity (Wildman–Crippen MR) is 61.6 cm³/mol. The summed E-state index contributed by atoms with van der Waals surface area (Å²) in [7, 11) is 0. The zero-order valence-corrected chi connectivity index (χ0v) is 9.56. The number of H-pyrrole nitrogens is 1. The Morgan fingerprint density at radius 3 is 3.00 bits per heavy atom. The lowest BCUT2D eigenvalue weighted by Gasteiger charge is -2.01. The molecule has 5 nitrogen and oxygen atoms in total. The van der Waals surface area contributed by atoms with Gasteiger partial charge in [-0.15, -0.1) is 0 Å². The molecule has 0 atom stereocenters. The number of hydrogen-bond donors (Lipinski definition) is 2. The van der Waals surface area contributed by atoms with E-state index in [4.69, 9.17) is 9.52 Å². The van der Waals surface area contributed by atoms with Crippen LogP contribution in [0.3, 0.4) is 0 Å². The van der Waals surface area contributed by atoms with Crippen LogP contribution in [0.25, 0.3) is 11.3 Å². The van der Waals surface area contributed by atoms with Crippen LogP contribution in [0, 0.1) is 0 Å². The van der Waals surface area contributed by atoms with E-state index in [0.29, 0.717) is 6.42 Å². The van der Waals surface area contributed by atoms with Crippen LogP contribution in [0.15, 0.2) is 23.0 Å². The van der Waals surface area contributed by atoms with E-state index in [-0.39, 0.29) is 6.42 Å². The number of nitrogens with zero attached hydrogens (tertiary/aromatic N) is 1. The maximum absolute atomic E-state index is 10.6. The molecule has 0 aromatic carbocycles. The Morgan fingerprint density at radius 2 is 2.41 bits per heavy atom. The minimum atomic E-state index is -0.800. The number of carbonyl (C=O) groups is 1. The van der Waals surface area contributed by atoms with Crippen molar-refractivity contribution in [1.29, 1.82) is 0 Å². The first kappa shape index (κ1) is 11.4. The maximum Gasteiger partial charge on any atom is 0.303 e. The Kier molecular flexibility index (Phi) is 3.27. The molecule has 2 aromatic rings. The fourth-order valence-electron chi connectivity index (χ4n) is 1.83. The molecular formula is C12H14N2O3. The second kappa shape index (κ2) is 4.86. The number of aromatic nitrogens is 2. The number of carboxylic acids is 1. The van der Waals surface area contributed by atoms with E-state index < -0.39 is 5.97 Å². The third-order valence-electron chi connectivity index (χ3n) is 2.69. The molecule has 0 spiro atoms. The fourth-order valence-corrected chi connectivity index (χ4v) is 1.83. The lowest BCUT2D eigenvalue weighted by Crippen LogP contribution is -2.00.